The Morgan fingerprint density at radius 1 is 1.19 bits per heavy atom. The molecule has 0 radical (unpaired) electrons. The van der Waals surface area contributed by atoms with E-state index in [2.05, 4.69) is 41.3 Å². The maximum Gasteiger partial charge on any atom is 0.239 e. The highest BCUT2D eigenvalue weighted by molar-refractivity contribution is 7.92. The summed E-state index contributed by atoms with van der Waals surface area (Å²) in [6.07, 6.45) is 4.95. The Hall–Kier alpha value is -2.81. The zero-order chi connectivity index (χ0) is 22.7. The Bertz CT molecular complexity index is 1250. The minimum Gasteiger partial charge on any atom is -0.445 e. The number of aromatic nitrogens is 3. The molecule has 0 spiro atoms. The van der Waals surface area contributed by atoms with Crippen molar-refractivity contribution in [3.05, 3.63) is 53.4 Å². The summed E-state index contributed by atoms with van der Waals surface area (Å²) < 4.78 is 31.6. The highest BCUT2D eigenvalue weighted by atomic mass is 32.2. The smallest absolute Gasteiger partial charge is 0.239 e. The number of H-pyrrole nitrogens is 1. The summed E-state index contributed by atoms with van der Waals surface area (Å²) >= 11 is 0. The number of anilines is 3. The molecular weight excluding hydrogens is 426 g/mol. The quantitative estimate of drug-likeness (QED) is 0.587. The van der Waals surface area contributed by atoms with Crippen LogP contribution < -0.4 is 9.62 Å². The van der Waals surface area contributed by atoms with Crippen molar-refractivity contribution in [2.75, 3.05) is 16.7 Å². The number of hydrogen-bond acceptors (Lipinski definition) is 6. The number of aromatic amines is 1. The molecule has 1 aliphatic carbocycles. The van der Waals surface area contributed by atoms with E-state index < -0.39 is 10.0 Å². The number of rotatable bonds is 4. The molecule has 2 aromatic heterocycles. The van der Waals surface area contributed by atoms with Gasteiger partial charge in [0, 0.05) is 41.7 Å². The van der Waals surface area contributed by atoms with Crippen molar-refractivity contribution in [3.8, 4) is 0 Å². The van der Waals surface area contributed by atoms with Crippen LogP contribution in [-0.2, 0) is 21.2 Å². The van der Waals surface area contributed by atoms with Gasteiger partial charge in [-0.05, 0) is 43.0 Å². The van der Waals surface area contributed by atoms with Crippen LogP contribution in [0, 0.1) is 0 Å². The normalized spacial score (nSPS) is 22.3. The third kappa shape index (κ3) is 3.79. The molecular formula is C23H29N5O3S. The second-order valence-corrected chi connectivity index (χ2v) is 11.9. The molecule has 3 aromatic rings. The van der Waals surface area contributed by atoms with Gasteiger partial charge in [-0.15, -0.1) is 0 Å². The molecule has 1 aromatic carbocycles. The fourth-order valence-corrected chi connectivity index (χ4v) is 5.89. The van der Waals surface area contributed by atoms with Crippen molar-refractivity contribution in [2.45, 2.75) is 63.0 Å². The van der Waals surface area contributed by atoms with Gasteiger partial charge in [0.25, 0.3) is 0 Å². The second-order valence-electron chi connectivity index (χ2n) is 9.92. The fraction of sp³-hybridized carbons (Fsp3) is 0.478. The average molecular weight is 456 g/mol. The molecule has 2 N–H and O–H groups in total. The third-order valence-corrected chi connectivity index (χ3v) is 8.24. The van der Waals surface area contributed by atoms with Crippen molar-refractivity contribution in [1.29, 1.82) is 0 Å². The van der Waals surface area contributed by atoms with Crippen molar-refractivity contribution in [1.82, 2.24) is 15.2 Å². The number of oxazole rings is 1. The lowest BCUT2D eigenvalue weighted by atomic mass is 9.94. The first-order valence-corrected chi connectivity index (χ1v) is 12.6. The number of fused-ring (bicyclic) bond motifs is 1. The summed E-state index contributed by atoms with van der Waals surface area (Å²) in [5.41, 5.74) is 3.42. The van der Waals surface area contributed by atoms with Crippen molar-refractivity contribution < 1.29 is 12.8 Å². The molecule has 9 heteroatoms. The molecule has 8 nitrogen and oxygen atoms in total. The Balaban J connectivity index is 1.26. The molecule has 1 aliphatic heterocycles. The van der Waals surface area contributed by atoms with Gasteiger partial charge in [0.1, 0.15) is 5.76 Å². The highest BCUT2D eigenvalue weighted by Gasteiger charge is 2.33. The first-order valence-electron chi connectivity index (χ1n) is 11.0. The first-order chi connectivity index (χ1) is 15.1. The van der Waals surface area contributed by atoms with Gasteiger partial charge in [0.2, 0.25) is 10.0 Å². The SMILES string of the molecule is CN1c2ccc(Nc3cc([C@H]4CC[C@@H](c5ncc(C(C)(C)C)o5)C4)[nH]n3)cc2CS1(=O)=O. The first kappa shape index (κ1) is 21.1. The number of nitrogens with zero attached hydrogens (tertiary/aromatic N) is 3. The Kier molecular flexibility index (Phi) is 4.85. The fourth-order valence-electron chi connectivity index (χ4n) is 4.60. The van der Waals surface area contributed by atoms with Gasteiger partial charge in [-0.2, -0.15) is 5.10 Å². The molecule has 3 heterocycles. The highest BCUT2D eigenvalue weighted by Crippen LogP contribution is 2.44. The molecule has 170 valence electrons. The van der Waals surface area contributed by atoms with Gasteiger partial charge < -0.3 is 9.73 Å². The Morgan fingerprint density at radius 2 is 1.97 bits per heavy atom. The Morgan fingerprint density at radius 3 is 2.72 bits per heavy atom. The lowest BCUT2D eigenvalue weighted by molar-refractivity contribution is 0.363. The molecule has 32 heavy (non-hydrogen) atoms. The molecule has 5 rings (SSSR count). The predicted molar refractivity (Wildman–Crippen MR) is 124 cm³/mol. The van der Waals surface area contributed by atoms with Crippen LogP contribution in [0.15, 0.2) is 34.9 Å². The van der Waals surface area contributed by atoms with Crippen LogP contribution in [0.2, 0.25) is 0 Å². The molecule has 1 fully saturated rings. The average Bonchev–Trinajstić information content (AvgIpc) is 3.48. The Labute approximate surface area is 188 Å². The van der Waals surface area contributed by atoms with Crippen LogP contribution in [0.4, 0.5) is 17.2 Å². The lowest BCUT2D eigenvalue weighted by Crippen LogP contribution is -2.20. The van der Waals surface area contributed by atoms with Crippen LogP contribution in [0.1, 0.15) is 74.8 Å². The molecule has 0 unspecified atom stereocenters. The summed E-state index contributed by atoms with van der Waals surface area (Å²) in [6.45, 7) is 6.39. The van der Waals surface area contributed by atoms with Gasteiger partial charge in [0.05, 0.1) is 17.6 Å². The summed E-state index contributed by atoms with van der Waals surface area (Å²) in [6, 6.07) is 7.63. The standard InChI is InChI=1S/C23H29N5O3S/c1-23(2,3)20-12-24-22(31-20)15-6-5-14(9-15)18-11-21(27-26-18)25-17-7-8-19-16(10-17)13-32(29,30)28(19)4/h7-8,10-12,14-15H,5-6,9,13H2,1-4H3,(H2,25,26,27)/t14-,15+/m0/s1. The maximum atomic E-state index is 12.1. The van der Waals surface area contributed by atoms with E-state index in [1.54, 1.807) is 7.05 Å². The van der Waals surface area contributed by atoms with E-state index >= 15 is 0 Å². The van der Waals surface area contributed by atoms with Gasteiger partial charge in [-0.25, -0.2) is 13.4 Å². The molecule has 2 aliphatic rings. The summed E-state index contributed by atoms with van der Waals surface area (Å²) in [5, 5.41) is 10.9. The van der Waals surface area contributed by atoms with Crippen LogP contribution in [0.5, 0.6) is 0 Å². The van der Waals surface area contributed by atoms with E-state index in [9.17, 15) is 8.42 Å². The van der Waals surface area contributed by atoms with Gasteiger partial charge in [0.15, 0.2) is 11.7 Å². The molecule has 0 amide bonds. The number of sulfonamides is 1. The lowest BCUT2D eigenvalue weighted by Gasteiger charge is -2.13. The molecule has 0 saturated heterocycles. The number of nitrogens with one attached hydrogen (secondary N) is 2. The van der Waals surface area contributed by atoms with E-state index in [4.69, 9.17) is 4.42 Å². The van der Waals surface area contributed by atoms with Crippen molar-refractivity contribution >= 4 is 27.2 Å². The minimum atomic E-state index is -3.24. The second kappa shape index (κ2) is 7.37. The van der Waals surface area contributed by atoms with E-state index in [1.807, 2.05) is 30.5 Å². The molecule has 0 bridgehead atoms. The van der Waals surface area contributed by atoms with Crippen LogP contribution in [0.25, 0.3) is 0 Å². The van der Waals surface area contributed by atoms with Gasteiger partial charge >= 0.3 is 0 Å². The topological polar surface area (TPSA) is 104 Å². The van der Waals surface area contributed by atoms with Crippen LogP contribution >= 0.6 is 0 Å². The maximum absolute atomic E-state index is 12.1. The predicted octanol–water partition coefficient (Wildman–Crippen LogP) is 4.77. The van der Waals surface area contributed by atoms with E-state index in [1.165, 1.54) is 4.31 Å². The summed E-state index contributed by atoms with van der Waals surface area (Å²) in [4.78, 5) is 4.55. The minimum absolute atomic E-state index is 0.0291. The van der Waals surface area contributed by atoms with Gasteiger partial charge in [-0.3, -0.25) is 9.40 Å². The van der Waals surface area contributed by atoms with Gasteiger partial charge in [-0.1, -0.05) is 20.8 Å². The number of hydrogen-bond donors (Lipinski definition) is 2. The van der Waals surface area contributed by atoms with Crippen LogP contribution in [0.3, 0.4) is 0 Å². The monoisotopic (exact) mass is 455 g/mol. The molecule has 2 atom stereocenters. The van der Waals surface area contributed by atoms with Crippen molar-refractivity contribution in [2.24, 2.45) is 0 Å². The number of benzene rings is 1. The van der Waals surface area contributed by atoms with E-state index in [-0.39, 0.29) is 11.2 Å². The summed E-state index contributed by atoms with van der Waals surface area (Å²) in [5.74, 6) is 3.23. The zero-order valence-electron chi connectivity index (χ0n) is 18.8. The van der Waals surface area contributed by atoms with E-state index in [0.717, 1.165) is 59.4 Å². The summed E-state index contributed by atoms with van der Waals surface area (Å²) in [7, 11) is -1.66. The van der Waals surface area contributed by atoms with Crippen molar-refractivity contribution in [3.63, 3.8) is 0 Å². The molecule has 1 saturated carbocycles. The zero-order valence-corrected chi connectivity index (χ0v) is 19.7. The third-order valence-electron chi connectivity index (χ3n) is 6.53. The van der Waals surface area contributed by atoms with E-state index in [0.29, 0.717) is 11.8 Å². The largest absolute Gasteiger partial charge is 0.445 e. The van der Waals surface area contributed by atoms with Crippen LogP contribution in [-0.4, -0.2) is 30.6 Å².